The smallest absolute Gasteiger partial charge is 0.267 e. The molecule has 0 radical (unpaired) electrons. The van der Waals surface area contributed by atoms with Gasteiger partial charge in [-0.05, 0) is 19.3 Å². The summed E-state index contributed by atoms with van der Waals surface area (Å²) in [5, 5.41) is 3.23. The van der Waals surface area contributed by atoms with Crippen molar-refractivity contribution in [2.75, 3.05) is 12.8 Å². The molecular formula is C11H15ClF3N3O2S. The highest BCUT2D eigenvalue weighted by Gasteiger charge is 2.41. The van der Waals surface area contributed by atoms with Crippen molar-refractivity contribution in [3.05, 3.63) is 16.4 Å². The fourth-order valence-electron chi connectivity index (χ4n) is 2.04. The maximum atomic E-state index is 12.8. The van der Waals surface area contributed by atoms with Gasteiger partial charge in [0, 0.05) is 19.0 Å². The molecule has 0 unspecified atom stereocenters. The number of aryl methyl sites for hydroxylation is 1. The van der Waals surface area contributed by atoms with Gasteiger partial charge in [0.15, 0.2) is 5.69 Å². The molecule has 0 aliphatic heterocycles. The van der Waals surface area contributed by atoms with Gasteiger partial charge < -0.3 is 0 Å². The van der Waals surface area contributed by atoms with Crippen LogP contribution in [-0.4, -0.2) is 31.0 Å². The van der Waals surface area contributed by atoms with Gasteiger partial charge in [-0.25, -0.2) is 13.1 Å². The van der Waals surface area contributed by atoms with Crippen LogP contribution >= 0.6 is 11.6 Å². The molecule has 21 heavy (non-hydrogen) atoms. The van der Waals surface area contributed by atoms with E-state index in [1.54, 1.807) is 0 Å². The third kappa shape index (κ3) is 4.33. The molecule has 1 aromatic heterocycles. The van der Waals surface area contributed by atoms with Crippen LogP contribution in [0.2, 0.25) is 5.02 Å². The second-order valence-corrected chi connectivity index (χ2v) is 7.27. The Balaban J connectivity index is 2.11. The summed E-state index contributed by atoms with van der Waals surface area (Å²) < 4.78 is 63.8. The van der Waals surface area contributed by atoms with Crippen molar-refractivity contribution < 1.29 is 21.6 Å². The second kappa shape index (κ2) is 5.77. The van der Waals surface area contributed by atoms with Gasteiger partial charge in [0.05, 0.1) is 17.0 Å². The van der Waals surface area contributed by atoms with Crippen molar-refractivity contribution in [1.82, 2.24) is 14.5 Å². The highest BCUT2D eigenvalue weighted by molar-refractivity contribution is 7.88. The average Bonchev–Trinajstić information content (AvgIpc) is 3.07. The molecule has 0 atom stereocenters. The van der Waals surface area contributed by atoms with Crippen LogP contribution in [-0.2, 0) is 22.7 Å². The largest absolute Gasteiger partial charge is 0.436 e. The fourth-order valence-corrected chi connectivity index (χ4v) is 2.95. The minimum absolute atomic E-state index is 0.0176. The van der Waals surface area contributed by atoms with E-state index in [0.717, 1.165) is 19.1 Å². The summed E-state index contributed by atoms with van der Waals surface area (Å²) in [7, 11) is -3.30. The number of rotatable bonds is 6. The SMILES string of the molecule is CS(=O)(=O)NCCCn1nc(C(F)(F)F)c(Cl)c1C1CC1. The monoisotopic (exact) mass is 345 g/mol. The van der Waals surface area contributed by atoms with E-state index in [0.29, 0.717) is 12.1 Å². The van der Waals surface area contributed by atoms with E-state index < -0.39 is 21.9 Å². The van der Waals surface area contributed by atoms with Gasteiger partial charge in [-0.15, -0.1) is 0 Å². The number of hydrogen-bond donors (Lipinski definition) is 1. The highest BCUT2D eigenvalue weighted by atomic mass is 35.5. The fraction of sp³-hybridized carbons (Fsp3) is 0.727. The van der Waals surface area contributed by atoms with Crippen molar-refractivity contribution in [3.8, 4) is 0 Å². The molecule has 120 valence electrons. The molecular weight excluding hydrogens is 331 g/mol. The van der Waals surface area contributed by atoms with E-state index in [4.69, 9.17) is 11.6 Å². The van der Waals surface area contributed by atoms with E-state index in [2.05, 4.69) is 9.82 Å². The number of nitrogens with zero attached hydrogens (tertiary/aromatic N) is 2. The zero-order chi connectivity index (χ0) is 15.8. The first-order chi connectivity index (χ1) is 9.59. The Morgan fingerprint density at radius 3 is 2.52 bits per heavy atom. The van der Waals surface area contributed by atoms with Gasteiger partial charge >= 0.3 is 6.18 Å². The molecule has 0 amide bonds. The quantitative estimate of drug-likeness (QED) is 0.805. The molecule has 1 heterocycles. The standard InChI is InChI=1S/C11H15ClF3N3O2S/c1-21(19,20)16-5-2-6-18-9(7-3-4-7)8(12)10(17-18)11(13,14)15/h7,16H,2-6H2,1H3. The van der Waals surface area contributed by atoms with Gasteiger partial charge in [0.2, 0.25) is 10.0 Å². The van der Waals surface area contributed by atoms with E-state index >= 15 is 0 Å². The summed E-state index contributed by atoms with van der Waals surface area (Å²) in [4.78, 5) is 0. The number of halogens is 4. The lowest BCUT2D eigenvalue weighted by atomic mass is 10.2. The third-order valence-corrected chi connectivity index (χ3v) is 4.18. The normalized spacial score (nSPS) is 16.4. The first-order valence-corrected chi connectivity index (χ1v) is 8.64. The van der Waals surface area contributed by atoms with Crippen LogP contribution < -0.4 is 4.72 Å². The molecule has 1 aliphatic rings. The van der Waals surface area contributed by atoms with Crippen LogP contribution in [0.25, 0.3) is 0 Å². The predicted octanol–water partition coefficient (Wildman–Crippen LogP) is 2.37. The van der Waals surface area contributed by atoms with Crippen LogP contribution in [0, 0.1) is 0 Å². The molecule has 0 aromatic carbocycles. The van der Waals surface area contributed by atoms with Gasteiger partial charge in [0.25, 0.3) is 0 Å². The molecule has 1 saturated carbocycles. The number of sulfonamides is 1. The maximum Gasteiger partial charge on any atom is 0.436 e. The highest BCUT2D eigenvalue weighted by Crippen LogP contribution is 2.46. The molecule has 0 spiro atoms. The van der Waals surface area contributed by atoms with Crippen molar-refractivity contribution >= 4 is 21.6 Å². The first-order valence-electron chi connectivity index (χ1n) is 6.37. The van der Waals surface area contributed by atoms with Crippen LogP contribution in [0.1, 0.15) is 36.6 Å². The van der Waals surface area contributed by atoms with E-state index in [1.807, 2.05) is 0 Å². The number of nitrogens with one attached hydrogen (secondary N) is 1. The van der Waals surface area contributed by atoms with Crippen LogP contribution in [0.5, 0.6) is 0 Å². The minimum Gasteiger partial charge on any atom is -0.267 e. The lowest BCUT2D eigenvalue weighted by Gasteiger charge is -2.07. The molecule has 1 aromatic rings. The molecule has 1 N–H and O–H groups in total. The Hall–Kier alpha value is -0.800. The maximum absolute atomic E-state index is 12.8. The van der Waals surface area contributed by atoms with Crippen molar-refractivity contribution in [2.24, 2.45) is 0 Å². The Morgan fingerprint density at radius 2 is 2.05 bits per heavy atom. The molecule has 0 bridgehead atoms. The lowest BCUT2D eigenvalue weighted by molar-refractivity contribution is -0.141. The van der Waals surface area contributed by atoms with Gasteiger partial charge in [-0.3, -0.25) is 4.68 Å². The van der Waals surface area contributed by atoms with Crippen LogP contribution in [0.3, 0.4) is 0 Å². The van der Waals surface area contributed by atoms with Crippen molar-refractivity contribution in [3.63, 3.8) is 0 Å². The van der Waals surface area contributed by atoms with Gasteiger partial charge in [-0.1, -0.05) is 11.6 Å². The van der Waals surface area contributed by atoms with Crippen molar-refractivity contribution in [1.29, 1.82) is 0 Å². The lowest BCUT2D eigenvalue weighted by Crippen LogP contribution is -2.24. The zero-order valence-corrected chi connectivity index (χ0v) is 12.8. The zero-order valence-electron chi connectivity index (χ0n) is 11.2. The number of aromatic nitrogens is 2. The van der Waals surface area contributed by atoms with E-state index in [-0.39, 0.29) is 24.0 Å². The molecule has 10 heteroatoms. The molecule has 5 nitrogen and oxygen atoms in total. The molecule has 1 aliphatic carbocycles. The molecule has 1 fully saturated rings. The predicted molar refractivity (Wildman–Crippen MR) is 71.7 cm³/mol. The number of hydrogen-bond acceptors (Lipinski definition) is 3. The summed E-state index contributed by atoms with van der Waals surface area (Å²) in [6, 6.07) is 0. The van der Waals surface area contributed by atoms with E-state index in [1.165, 1.54) is 4.68 Å². The van der Waals surface area contributed by atoms with Crippen molar-refractivity contribution in [2.45, 2.75) is 37.9 Å². The Kier molecular flexibility index (Phi) is 4.55. The topological polar surface area (TPSA) is 64.0 Å². The average molecular weight is 346 g/mol. The first kappa shape index (κ1) is 16.6. The van der Waals surface area contributed by atoms with Crippen LogP contribution in [0.15, 0.2) is 0 Å². The summed E-state index contributed by atoms with van der Waals surface area (Å²) in [6.45, 7) is 0.325. The Bertz CT molecular complexity index is 623. The minimum atomic E-state index is -4.59. The third-order valence-electron chi connectivity index (χ3n) is 3.08. The van der Waals surface area contributed by atoms with Gasteiger partial charge in [0.1, 0.15) is 0 Å². The second-order valence-electron chi connectivity index (χ2n) is 5.06. The summed E-state index contributed by atoms with van der Waals surface area (Å²) in [5.74, 6) is 0.0176. The van der Waals surface area contributed by atoms with Gasteiger partial charge in [-0.2, -0.15) is 18.3 Å². The summed E-state index contributed by atoms with van der Waals surface area (Å²) in [6.07, 6.45) is -1.64. The van der Waals surface area contributed by atoms with Crippen LogP contribution in [0.4, 0.5) is 13.2 Å². The summed E-state index contributed by atoms with van der Waals surface area (Å²) in [5.41, 5.74) is -0.662. The Labute approximate surface area is 125 Å². The molecule has 2 rings (SSSR count). The molecule has 0 saturated heterocycles. The number of alkyl halides is 3. The Morgan fingerprint density at radius 1 is 1.43 bits per heavy atom. The summed E-state index contributed by atoms with van der Waals surface area (Å²) >= 11 is 5.82. The van der Waals surface area contributed by atoms with E-state index in [9.17, 15) is 21.6 Å².